The highest BCUT2D eigenvalue weighted by Crippen LogP contribution is 2.17. The summed E-state index contributed by atoms with van der Waals surface area (Å²) in [4.78, 5) is 15.6. The Balaban J connectivity index is 1.82. The number of benzene rings is 1. The predicted molar refractivity (Wildman–Crippen MR) is 78.8 cm³/mol. The van der Waals surface area contributed by atoms with Crippen LogP contribution in [-0.2, 0) is 22.6 Å². The Labute approximate surface area is 127 Å². The lowest BCUT2D eigenvalue weighted by Gasteiger charge is -2.06. The second-order valence-electron chi connectivity index (χ2n) is 4.21. The van der Waals surface area contributed by atoms with Crippen molar-refractivity contribution >= 4 is 29.2 Å². The molecular formula is C15H13Cl2NO2. The number of carbonyl (C=O) groups is 1. The number of nitrogens with zero attached hydrogens (tertiary/aromatic N) is 1. The Bertz CT molecular complexity index is 550. The van der Waals surface area contributed by atoms with Gasteiger partial charge in [0.15, 0.2) is 0 Å². The molecule has 104 valence electrons. The lowest BCUT2D eigenvalue weighted by molar-refractivity contribution is -0.144. The summed E-state index contributed by atoms with van der Waals surface area (Å²) in [6.07, 6.45) is 2.42. The molecule has 0 radical (unpaired) electrons. The molecule has 2 aromatic rings. The van der Waals surface area contributed by atoms with Crippen LogP contribution in [0.4, 0.5) is 0 Å². The van der Waals surface area contributed by atoms with E-state index in [2.05, 4.69) is 4.98 Å². The molecule has 0 unspecified atom stereocenters. The third kappa shape index (κ3) is 4.22. The Morgan fingerprint density at radius 3 is 2.60 bits per heavy atom. The highest BCUT2D eigenvalue weighted by molar-refractivity contribution is 6.31. The first-order valence-corrected chi connectivity index (χ1v) is 6.91. The van der Waals surface area contributed by atoms with Gasteiger partial charge in [-0.3, -0.25) is 4.79 Å². The zero-order chi connectivity index (χ0) is 14.4. The van der Waals surface area contributed by atoms with Crippen LogP contribution in [-0.4, -0.2) is 11.0 Å². The summed E-state index contributed by atoms with van der Waals surface area (Å²) in [6, 6.07) is 11.0. The van der Waals surface area contributed by atoms with Crippen LogP contribution in [0.1, 0.15) is 17.5 Å². The number of aromatic nitrogens is 1. The molecule has 1 aromatic carbocycles. The molecule has 0 spiro atoms. The summed E-state index contributed by atoms with van der Waals surface area (Å²) in [6.45, 7) is 0.133. The van der Waals surface area contributed by atoms with Crippen LogP contribution in [0.25, 0.3) is 0 Å². The molecule has 0 saturated heterocycles. The minimum Gasteiger partial charge on any atom is -0.461 e. The molecular weight excluding hydrogens is 297 g/mol. The van der Waals surface area contributed by atoms with Crippen LogP contribution in [0, 0.1) is 0 Å². The zero-order valence-corrected chi connectivity index (χ0v) is 12.2. The highest BCUT2D eigenvalue weighted by Gasteiger charge is 2.08. The standard InChI is InChI=1S/C15H13Cl2NO2/c16-13-6-2-1-4-11(13)7-8-14(19)20-10-12-5-3-9-18-15(12)17/h1-6,9H,7-8,10H2. The van der Waals surface area contributed by atoms with E-state index < -0.39 is 0 Å². The van der Waals surface area contributed by atoms with Crippen molar-refractivity contribution in [2.24, 2.45) is 0 Å². The van der Waals surface area contributed by atoms with Crippen molar-refractivity contribution in [2.45, 2.75) is 19.4 Å². The fourth-order valence-electron chi connectivity index (χ4n) is 1.70. The Morgan fingerprint density at radius 2 is 1.85 bits per heavy atom. The monoisotopic (exact) mass is 309 g/mol. The van der Waals surface area contributed by atoms with E-state index in [-0.39, 0.29) is 19.0 Å². The lowest BCUT2D eigenvalue weighted by atomic mass is 10.1. The second-order valence-corrected chi connectivity index (χ2v) is 4.97. The Hall–Kier alpha value is -1.58. The number of halogens is 2. The largest absolute Gasteiger partial charge is 0.461 e. The van der Waals surface area contributed by atoms with Gasteiger partial charge in [-0.2, -0.15) is 0 Å². The first-order chi connectivity index (χ1) is 9.66. The molecule has 0 saturated carbocycles. The minimum absolute atomic E-state index is 0.133. The maximum absolute atomic E-state index is 11.7. The maximum atomic E-state index is 11.7. The number of hydrogen-bond donors (Lipinski definition) is 0. The van der Waals surface area contributed by atoms with Crippen molar-refractivity contribution in [2.75, 3.05) is 0 Å². The van der Waals surface area contributed by atoms with Gasteiger partial charge in [-0.05, 0) is 24.1 Å². The normalized spacial score (nSPS) is 10.3. The Kier molecular flexibility index (Phi) is 5.39. The molecule has 0 fully saturated rings. The number of rotatable bonds is 5. The molecule has 0 amide bonds. The van der Waals surface area contributed by atoms with Gasteiger partial charge in [-0.1, -0.05) is 47.5 Å². The van der Waals surface area contributed by atoms with Gasteiger partial charge in [0.1, 0.15) is 11.8 Å². The Morgan fingerprint density at radius 1 is 1.10 bits per heavy atom. The number of pyridine rings is 1. The summed E-state index contributed by atoms with van der Waals surface area (Å²) in [5, 5.41) is 1.02. The molecule has 0 N–H and O–H groups in total. The van der Waals surface area contributed by atoms with Crippen LogP contribution in [0.2, 0.25) is 10.2 Å². The third-order valence-electron chi connectivity index (χ3n) is 2.78. The quantitative estimate of drug-likeness (QED) is 0.617. The molecule has 0 bridgehead atoms. The molecule has 3 nitrogen and oxygen atoms in total. The fourth-order valence-corrected chi connectivity index (χ4v) is 2.10. The van der Waals surface area contributed by atoms with Crippen LogP contribution in [0.3, 0.4) is 0 Å². The molecule has 1 heterocycles. The van der Waals surface area contributed by atoms with Crippen molar-refractivity contribution in [3.05, 3.63) is 63.9 Å². The second kappa shape index (κ2) is 7.27. The van der Waals surface area contributed by atoms with Gasteiger partial charge in [0.25, 0.3) is 0 Å². The maximum Gasteiger partial charge on any atom is 0.306 e. The van der Waals surface area contributed by atoms with E-state index >= 15 is 0 Å². The van der Waals surface area contributed by atoms with Crippen molar-refractivity contribution < 1.29 is 9.53 Å². The molecule has 2 rings (SSSR count). The topological polar surface area (TPSA) is 39.2 Å². The SMILES string of the molecule is O=C(CCc1ccccc1Cl)OCc1cccnc1Cl. The molecule has 0 atom stereocenters. The van der Waals surface area contributed by atoms with Gasteiger partial charge in [-0.25, -0.2) is 4.98 Å². The third-order valence-corrected chi connectivity index (χ3v) is 3.49. The van der Waals surface area contributed by atoms with Crippen LogP contribution < -0.4 is 0 Å². The molecule has 0 aliphatic carbocycles. The van der Waals surface area contributed by atoms with E-state index in [1.165, 1.54) is 0 Å². The van der Waals surface area contributed by atoms with Gasteiger partial charge in [-0.15, -0.1) is 0 Å². The van der Waals surface area contributed by atoms with Crippen molar-refractivity contribution in [1.29, 1.82) is 0 Å². The molecule has 20 heavy (non-hydrogen) atoms. The average molecular weight is 310 g/mol. The number of esters is 1. The minimum atomic E-state index is -0.287. The molecule has 0 aliphatic rings. The van der Waals surface area contributed by atoms with E-state index in [1.54, 1.807) is 24.4 Å². The van der Waals surface area contributed by atoms with E-state index in [4.69, 9.17) is 27.9 Å². The number of hydrogen-bond acceptors (Lipinski definition) is 3. The van der Waals surface area contributed by atoms with E-state index in [0.29, 0.717) is 22.2 Å². The van der Waals surface area contributed by atoms with Crippen LogP contribution >= 0.6 is 23.2 Å². The average Bonchev–Trinajstić information content (AvgIpc) is 2.45. The van der Waals surface area contributed by atoms with E-state index in [0.717, 1.165) is 5.56 Å². The number of carbonyl (C=O) groups excluding carboxylic acids is 1. The summed E-state index contributed by atoms with van der Waals surface area (Å²) < 4.78 is 5.16. The van der Waals surface area contributed by atoms with Gasteiger partial charge in [0, 0.05) is 23.2 Å². The van der Waals surface area contributed by atoms with Gasteiger partial charge >= 0.3 is 5.97 Å². The van der Waals surface area contributed by atoms with E-state index in [9.17, 15) is 4.79 Å². The first-order valence-electron chi connectivity index (χ1n) is 6.15. The lowest BCUT2D eigenvalue weighted by Crippen LogP contribution is -2.06. The molecule has 0 aliphatic heterocycles. The van der Waals surface area contributed by atoms with Crippen LogP contribution in [0.15, 0.2) is 42.6 Å². The van der Waals surface area contributed by atoms with Crippen molar-refractivity contribution in [1.82, 2.24) is 4.98 Å². The first kappa shape index (κ1) is 14.8. The van der Waals surface area contributed by atoms with Gasteiger partial charge < -0.3 is 4.74 Å². The van der Waals surface area contributed by atoms with E-state index in [1.807, 2.05) is 18.2 Å². The van der Waals surface area contributed by atoms with Crippen LogP contribution in [0.5, 0.6) is 0 Å². The summed E-state index contributed by atoms with van der Waals surface area (Å²) in [5.41, 5.74) is 1.63. The smallest absolute Gasteiger partial charge is 0.306 e. The highest BCUT2D eigenvalue weighted by atomic mass is 35.5. The summed E-state index contributed by atoms with van der Waals surface area (Å²) in [5.74, 6) is -0.287. The van der Waals surface area contributed by atoms with Gasteiger partial charge in [0.2, 0.25) is 0 Å². The predicted octanol–water partition coefficient (Wildman–Crippen LogP) is 4.06. The summed E-state index contributed by atoms with van der Waals surface area (Å²) in [7, 11) is 0. The zero-order valence-electron chi connectivity index (χ0n) is 10.7. The van der Waals surface area contributed by atoms with Gasteiger partial charge in [0.05, 0.1) is 0 Å². The number of ether oxygens (including phenoxy) is 1. The van der Waals surface area contributed by atoms with Crippen molar-refractivity contribution in [3.8, 4) is 0 Å². The number of aryl methyl sites for hydroxylation is 1. The molecule has 1 aromatic heterocycles. The fraction of sp³-hybridized carbons (Fsp3) is 0.200. The van der Waals surface area contributed by atoms with Crippen molar-refractivity contribution in [3.63, 3.8) is 0 Å². The molecule has 5 heteroatoms. The summed E-state index contributed by atoms with van der Waals surface area (Å²) >= 11 is 11.9.